The molecule has 0 radical (unpaired) electrons. The number of aliphatic hydroxyl groups excluding tert-OH is 2. The van der Waals surface area contributed by atoms with Gasteiger partial charge in [0.25, 0.3) is 0 Å². The highest BCUT2D eigenvalue weighted by atomic mass is 32.1. The molecule has 0 amide bonds. The number of hydrogen-bond donors (Lipinski definition) is 3. The van der Waals surface area contributed by atoms with Crippen LogP contribution in [0.3, 0.4) is 0 Å². The zero-order chi connectivity index (χ0) is 11.4. The van der Waals surface area contributed by atoms with Crippen molar-refractivity contribution in [1.82, 2.24) is 0 Å². The van der Waals surface area contributed by atoms with Gasteiger partial charge in [-0.25, -0.2) is 8.78 Å². The van der Waals surface area contributed by atoms with Crippen molar-refractivity contribution in [2.24, 2.45) is 0 Å². The maximum Gasteiger partial charge on any atom is 0.126 e. The number of benzene rings is 1. The molecule has 0 spiro atoms. The third-order valence-corrected chi connectivity index (χ3v) is 2.27. The van der Waals surface area contributed by atoms with Crippen molar-refractivity contribution in [1.29, 1.82) is 0 Å². The monoisotopic (exact) mass is 234 g/mol. The molecule has 2 N–H and O–H groups in total. The molecule has 2 nitrogen and oxygen atoms in total. The van der Waals surface area contributed by atoms with Crippen molar-refractivity contribution in [2.75, 3.05) is 5.75 Å². The minimum Gasteiger partial charge on any atom is -0.390 e. The smallest absolute Gasteiger partial charge is 0.126 e. The lowest BCUT2D eigenvalue weighted by molar-refractivity contribution is 0.0169. The predicted molar refractivity (Wildman–Crippen MR) is 55.8 cm³/mol. The van der Waals surface area contributed by atoms with Crippen molar-refractivity contribution in [2.45, 2.75) is 18.6 Å². The molecule has 1 rings (SSSR count). The van der Waals surface area contributed by atoms with E-state index in [2.05, 4.69) is 12.6 Å². The molecule has 0 heterocycles. The summed E-state index contributed by atoms with van der Waals surface area (Å²) in [5, 5.41) is 19.0. The zero-order valence-corrected chi connectivity index (χ0v) is 8.79. The van der Waals surface area contributed by atoms with Gasteiger partial charge in [0, 0.05) is 6.07 Å². The van der Waals surface area contributed by atoms with E-state index in [9.17, 15) is 19.0 Å². The minimum atomic E-state index is -1.29. The summed E-state index contributed by atoms with van der Waals surface area (Å²) in [5.74, 6) is -1.17. The van der Waals surface area contributed by atoms with E-state index < -0.39 is 23.8 Å². The van der Waals surface area contributed by atoms with Crippen molar-refractivity contribution in [3.63, 3.8) is 0 Å². The fraction of sp³-hybridized carbons (Fsp3) is 0.400. The summed E-state index contributed by atoms with van der Waals surface area (Å²) in [6.07, 6.45) is -2.10. The van der Waals surface area contributed by atoms with Crippen LogP contribution in [0.5, 0.6) is 0 Å². The maximum absolute atomic E-state index is 12.8. The predicted octanol–water partition coefficient (Wildman–Crippen LogP) is 1.68. The van der Waals surface area contributed by atoms with Crippen LogP contribution in [0.15, 0.2) is 18.2 Å². The summed E-state index contributed by atoms with van der Waals surface area (Å²) in [6, 6.07) is 2.70. The number of aliphatic hydroxyl groups is 2. The Labute approximate surface area is 92.0 Å². The molecule has 0 aliphatic carbocycles. The van der Waals surface area contributed by atoms with Gasteiger partial charge in [0.2, 0.25) is 0 Å². The van der Waals surface area contributed by atoms with Crippen LogP contribution >= 0.6 is 12.6 Å². The molecule has 5 heteroatoms. The molecule has 0 aliphatic rings. The third kappa shape index (κ3) is 3.44. The van der Waals surface area contributed by atoms with Crippen LogP contribution in [0, 0.1) is 11.6 Å². The lowest BCUT2D eigenvalue weighted by Crippen LogP contribution is -2.19. The molecule has 0 bridgehead atoms. The highest BCUT2D eigenvalue weighted by molar-refractivity contribution is 7.80. The van der Waals surface area contributed by atoms with Gasteiger partial charge >= 0.3 is 0 Å². The molecule has 84 valence electrons. The second-order valence-electron chi connectivity index (χ2n) is 3.23. The van der Waals surface area contributed by atoms with Crippen molar-refractivity contribution >= 4 is 12.6 Å². The quantitative estimate of drug-likeness (QED) is 0.694. The van der Waals surface area contributed by atoms with Gasteiger partial charge in [0.1, 0.15) is 17.7 Å². The molecule has 0 fully saturated rings. The van der Waals surface area contributed by atoms with Crippen LogP contribution in [0.1, 0.15) is 18.1 Å². The molecular weight excluding hydrogens is 222 g/mol. The first-order valence-corrected chi connectivity index (χ1v) is 5.11. The van der Waals surface area contributed by atoms with Gasteiger partial charge in [-0.3, -0.25) is 0 Å². The molecule has 0 aliphatic heterocycles. The Morgan fingerprint density at radius 2 is 1.67 bits per heavy atom. The fourth-order valence-corrected chi connectivity index (χ4v) is 1.52. The van der Waals surface area contributed by atoms with E-state index in [0.717, 1.165) is 12.1 Å². The first kappa shape index (κ1) is 12.4. The Morgan fingerprint density at radius 3 is 2.13 bits per heavy atom. The standard InChI is InChI=1S/C10H12F2O2S/c11-7-3-6(4-8(12)5-7)10(14)9(13)1-2-15/h3-5,9-10,13-15H,1-2H2. The van der Waals surface area contributed by atoms with Gasteiger partial charge in [0.05, 0.1) is 6.10 Å². The lowest BCUT2D eigenvalue weighted by atomic mass is 10.0. The second kappa shape index (κ2) is 5.44. The maximum atomic E-state index is 12.8. The summed E-state index contributed by atoms with van der Waals surface area (Å²) < 4.78 is 25.6. The van der Waals surface area contributed by atoms with Gasteiger partial charge in [-0.05, 0) is 29.9 Å². The van der Waals surface area contributed by atoms with Crippen molar-refractivity contribution in [3.05, 3.63) is 35.4 Å². The van der Waals surface area contributed by atoms with Crippen molar-refractivity contribution < 1.29 is 19.0 Å². The normalized spacial score (nSPS) is 15.0. The summed E-state index contributed by atoms with van der Waals surface area (Å²) >= 11 is 3.89. The first-order valence-electron chi connectivity index (χ1n) is 4.47. The van der Waals surface area contributed by atoms with Crippen LogP contribution in [-0.4, -0.2) is 22.1 Å². The summed E-state index contributed by atoms with van der Waals surface area (Å²) in [6.45, 7) is 0. The summed E-state index contributed by atoms with van der Waals surface area (Å²) in [7, 11) is 0. The highest BCUT2D eigenvalue weighted by Crippen LogP contribution is 2.21. The van der Waals surface area contributed by atoms with Gasteiger partial charge in [-0.15, -0.1) is 0 Å². The van der Waals surface area contributed by atoms with E-state index in [0.29, 0.717) is 11.8 Å². The van der Waals surface area contributed by atoms with Crippen LogP contribution in [0.25, 0.3) is 0 Å². The lowest BCUT2D eigenvalue weighted by Gasteiger charge is -2.17. The molecule has 1 aromatic carbocycles. The Morgan fingerprint density at radius 1 is 1.13 bits per heavy atom. The molecule has 2 unspecified atom stereocenters. The highest BCUT2D eigenvalue weighted by Gasteiger charge is 2.18. The number of hydrogen-bond acceptors (Lipinski definition) is 3. The molecule has 0 saturated heterocycles. The second-order valence-corrected chi connectivity index (χ2v) is 3.67. The first-order chi connectivity index (χ1) is 7.04. The summed E-state index contributed by atoms with van der Waals surface area (Å²) in [5.41, 5.74) is 0.0294. The van der Waals surface area contributed by atoms with Gasteiger partial charge in [-0.2, -0.15) is 12.6 Å². The topological polar surface area (TPSA) is 40.5 Å². The average molecular weight is 234 g/mol. The van der Waals surface area contributed by atoms with Gasteiger partial charge in [-0.1, -0.05) is 0 Å². The van der Waals surface area contributed by atoms with E-state index in [1.54, 1.807) is 0 Å². The van der Waals surface area contributed by atoms with Crippen LogP contribution in [-0.2, 0) is 0 Å². The van der Waals surface area contributed by atoms with Crippen LogP contribution in [0.4, 0.5) is 8.78 Å². The number of rotatable bonds is 4. The fourth-order valence-electron chi connectivity index (χ4n) is 1.26. The average Bonchev–Trinajstić information content (AvgIpc) is 2.15. The van der Waals surface area contributed by atoms with Crippen molar-refractivity contribution in [3.8, 4) is 0 Å². The SMILES string of the molecule is OC(CCS)C(O)c1cc(F)cc(F)c1. The number of halogens is 2. The van der Waals surface area contributed by atoms with Crippen LogP contribution in [0.2, 0.25) is 0 Å². The minimum absolute atomic E-state index is 0.0294. The molecule has 0 saturated carbocycles. The largest absolute Gasteiger partial charge is 0.390 e. The van der Waals surface area contributed by atoms with E-state index in [1.165, 1.54) is 0 Å². The molecule has 1 aromatic rings. The van der Waals surface area contributed by atoms with Gasteiger partial charge < -0.3 is 10.2 Å². The Kier molecular flexibility index (Phi) is 4.50. The number of thiol groups is 1. The Balaban J connectivity index is 2.85. The van der Waals surface area contributed by atoms with Crippen LogP contribution < -0.4 is 0 Å². The van der Waals surface area contributed by atoms with E-state index in [1.807, 2.05) is 0 Å². The van der Waals surface area contributed by atoms with E-state index in [4.69, 9.17) is 0 Å². The van der Waals surface area contributed by atoms with E-state index >= 15 is 0 Å². The molecule has 0 aromatic heterocycles. The van der Waals surface area contributed by atoms with E-state index in [-0.39, 0.29) is 12.0 Å². The zero-order valence-electron chi connectivity index (χ0n) is 7.90. The summed E-state index contributed by atoms with van der Waals surface area (Å²) in [4.78, 5) is 0. The Bertz CT molecular complexity index is 313. The molecular formula is C10H12F2O2S. The molecule has 15 heavy (non-hydrogen) atoms. The Hall–Kier alpha value is -0.650. The third-order valence-electron chi connectivity index (χ3n) is 2.02. The van der Waals surface area contributed by atoms with Gasteiger partial charge in [0.15, 0.2) is 0 Å². The molecule has 2 atom stereocenters.